The van der Waals surface area contributed by atoms with Gasteiger partial charge in [-0.1, -0.05) is 43.2 Å². The van der Waals surface area contributed by atoms with Crippen LogP contribution in [0.3, 0.4) is 0 Å². The van der Waals surface area contributed by atoms with E-state index in [-0.39, 0.29) is 11.8 Å². The average Bonchev–Trinajstić information content (AvgIpc) is 3.53. The number of benzene rings is 1. The Morgan fingerprint density at radius 1 is 1.11 bits per heavy atom. The highest BCUT2D eigenvalue weighted by molar-refractivity contribution is 7.20. The molecule has 2 aromatic rings. The van der Waals surface area contributed by atoms with Crippen LogP contribution in [0.4, 0.5) is 9.80 Å². The third-order valence-electron chi connectivity index (χ3n) is 6.95. The molecule has 2 N–H and O–H groups in total. The maximum atomic E-state index is 13.5. The number of carbonyl (C=O) groups is 4. The highest BCUT2D eigenvalue weighted by atomic mass is 32.1. The molecule has 3 aliphatic rings. The molecule has 0 radical (unpaired) electrons. The Balaban J connectivity index is 1.41. The van der Waals surface area contributed by atoms with Gasteiger partial charge in [-0.05, 0) is 30.9 Å². The number of ether oxygens (including phenoxy) is 1. The highest BCUT2D eigenvalue weighted by Gasteiger charge is 2.52. The second-order valence-electron chi connectivity index (χ2n) is 9.19. The van der Waals surface area contributed by atoms with Crippen molar-refractivity contribution in [2.45, 2.75) is 38.1 Å². The van der Waals surface area contributed by atoms with Crippen molar-refractivity contribution in [2.24, 2.45) is 0 Å². The predicted octanol–water partition coefficient (Wildman–Crippen LogP) is 3.00. The summed E-state index contributed by atoms with van der Waals surface area (Å²) in [5.74, 6) is -1.02. The number of carbonyl (C=O) groups excluding carboxylic acids is 4. The molecule has 1 aromatic carbocycles. The number of morpholine rings is 1. The van der Waals surface area contributed by atoms with Crippen LogP contribution in [0.25, 0.3) is 10.4 Å². The second-order valence-corrected chi connectivity index (χ2v) is 10.2. The van der Waals surface area contributed by atoms with E-state index in [0.29, 0.717) is 49.7 Å². The molecule has 5 amide bonds. The van der Waals surface area contributed by atoms with E-state index in [0.717, 1.165) is 33.7 Å². The van der Waals surface area contributed by atoms with Gasteiger partial charge in [0.15, 0.2) is 0 Å². The molecule has 1 aliphatic carbocycles. The van der Waals surface area contributed by atoms with Crippen LogP contribution in [0.2, 0.25) is 0 Å². The van der Waals surface area contributed by atoms with Crippen LogP contribution in [0.15, 0.2) is 30.3 Å². The Hall–Kier alpha value is -3.24. The quantitative estimate of drug-likeness (QED) is 0.619. The number of hydrogen-bond donors (Lipinski definition) is 2. The molecule has 0 bridgehead atoms. The van der Waals surface area contributed by atoms with Crippen molar-refractivity contribution in [3.05, 3.63) is 41.5 Å². The van der Waals surface area contributed by atoms with Crippen molar-refractivity contribution in [1.29, 1.82) is 0 Å². The van der Waals surface area contributed by atoms with E-state index in [1.807, 2.05) is 37.3 Å². The maximum Gasteiger partial charge on any atom is 0.325 e. The number of rotatable bonds is 5. The first-order valence-corrected chi connectivity index (χ1v) is 12.7. The van der Waals surface area contributed by atoms with Crippen LogP contribution < -0.4 is 10.6 Å². The molecule has 35 heavy (non-hydrogen) atoms. The number of hydrogen-bond acceptors (Lipinski definition) is 6. The molecule has 1 spiro atoms. The summed E-state index contributed by atoms with van der Waals surface area (Å²) in [5, 5.41) is 6.05. The van der Waals surface area contributed by atoms with Gasteiger partial charge in [0.1, 0.15) is 17.1 Å². The van der Waals surface area contributed by atoms with Crippen LogP contribution in [0.1, 0.15) is 41.6 Å². The van der Waals surface area contributed by atoms with E-state index in [1.165, 1.54) is 11.3 Å². The zero-order valence-corrected chi connectivity index (χ0v) is 20.4. The fraction of sp³-hybridized carbons (Fsp3) is 0.440. The van der Waals surface area contributed by atoms with Gasteiger partial charge in [-0.2, -0.15) is 0 Å². The summed E-state index contributed by atoms with van der Waals surface area (Å²) in [5.41, 5.74) is 1.31. The lowest BCUT2D eigenvalue weighted by molar-refractivity contribution is -0.133. The molecule has 2 saturated heterocycles. The van der Waals surface area contributed by atoms with Gasteiger partial charge >= 0.3 is 6.03 Å². The van der Waals surface area contributed by atoms with Crippen molar-refractivity contribution in [2.75, 3.05) is 38.2 Å². The molecule has 9 nitrogen and oxygen atoms in total. The minimum Gasteiger partial charge on any atom is -0.378 e. The lowest BCUT2D eigenvalue weighted by atomic mass is 9.98. The maximum absolute atomic E-state index is 13.5. The van der Waals surface area contributed by atoms with Crippen molar-refractivity contribution in [3.63, 3.8) is 0 Å². The monoisotopic (exact) mass is 496 g/mol. The molecule has 184 valence electrons. The summed E-state index contributed by atoms with van der Waals surface area (Å²) >= 11 is 1.32. The fourth-order valence-corrected chi connectivity index (χ4v) is 6.32. The van der Waals surface area contributed by atoms with Crippen LogP contribution in [0.5, 0.6) is 0 Å². The highest BCUT2D eigenvalue weighted by Crippen LogP contribution is 2.41. The Labute approximate surface area is 207 Å². The molecule has 0 atom stereocenters. The molecule has 1 aromatic heterocycles. The Morgan fingerprint density at radius 2 is 1.80 bits per heavy atom. The number of anilines is 1. The zero-order valence-electron chi connectivity index (χ0n) is 19.6. The van der Waals surface area contributed by atoms with Gasteiger partial charge in [0.2, 0.25) is 5.91 Å². The van der Waals surface area contributed by atoms with Crippen molar-refractivity contribution < 1.29 is 23.9 Å². The minimum absolute atomic E-state index is 0.167. The number of nitrogens with zero attached hydrogens (tertiary/aromatic N) is 2. The second kappa shape index (κ2) is 9.43. The Morgan fingerprint density at radius 3 is 2.49 bits per heavy atom. The van der Waals surface area contributed by atoms with E-state index in [2.05, 4.69) is 10.6 Å². The normalized spacial score (nSPS) is 19.3. The fourth-order valence-electron chi connectivity index (χ4n) is 5.10. The van der Waals surface area contributed by atoms with Crippen molar-refractivity contribution >= 4 is 40.1 Å². The summed E-state index contributed by atoms with van der Waals surface area (Å²) in [6.07, 6.45) is 2.93. The molecule has 1 saturated carbocycles. The molecular weight excluding hydrogens is 468 g/mol. The number of imide groups is 1. The summed E-state index contributed by atoms with van der Waals surface area (Å²) < 4.78 is 5.38. The van der Waals surface area contributed by atoms with Gasteiger partial charge in [0.05, 0.1) is 18.8 Å². The number of urea groups is 1. The summed E-state index contributed by atoms with van der Waals surface area (Å²) in [6, 6.07) is 9.15. The number of amides is 5. The lowest BCUT2D eigenvalue weighted by Crippen LogP contribution is -2.44. The molecule has 3 fully saturated rings. The van der Waals surface area contributed by atoms with Crippen molar-refractivity contribution in [1.82, 2.24) is 15.1 Å². The predicted molar refractivity (Wildman–Crippen MR) is 131 cm³/mol. The minimum atomic E-state index is -0.866. The standard InChI is InChI=1S/C25H28N4O5S/c1-16-19(22(31)28-11-13-34-14-12-28)21(35-20(16)17-7-3-2-4-8-17)26-18(30)15-29-23(32)25(27-24(29)33)9-5-6-10-25/h2-4,7-8H,5-6,9-15H2,1H3,(H,26,30)(H,27,33). The molecule has 10 heteroatoms. The summed E-state index contributed by atoms with van der Waals surface area (Å²) in [4.78, 5) is 55.6. The lowest BCUT2D eigenvalue weighted by Gasteiger charge is -2.27. The van der Waals surface area contributed by atoms with Gasteiger partial charge in [-0.3, -0.25) is 19.3 Å². The van der Waals surface area contributed by atoms with E-state index < -0.39 is 24.0 Å². The van der Waals surface area contributed by atoms with Crippen LogP contribution >= 0.6 is 11.3 Å². The van der Waals surface area contributed by atoms with Crippen LogP contribution in [0, 0.1) is 6.92 Å². The van der Waals surface area contributed by atoms with Crippen LogP contribution in [-0.4, -0.2) is 71.9 Å². The smallest absolute Gasteiger partial charge is 0.325 e. The molecular formula is C25H28N4O5S. The Bertz CT molecular complexity index is 1170. The zero-order chi connectivity index (χ0) is 24.6. The van der Waals surface area contributed by atoms with Gasteiger partial charge < -0.3 is 20.3 Å². The SMILES string of the molecule is Cc1c(-c2ccccc2)sc(NC(=O)CN2C(=O)NC3(CCCC3)C2=O)c1C(=O)N1CCOCC1. The molecule has 0 unspecified atom stereocenters. The van der Waals surface area contributed by atoms with Crippen LogP contribution in [-0.2, 0) is 14.3 Å². The Kier molecular flexibility index (Phi) is 6.33. The van der Waals surface area contributed by atoms with Gasteiger partial charge in [-0.25, -0.2) is 4.79 Å². The van der Waals surface area contributed by atoms with E-state index in [4.69, 9.17) is 4.74 Å². The first-order valence-electron chi connectivity index (χ1n) is 11.9. The average molecular weight is 497 g/mol. The van der Waals surface area contributed by atoms with E-state index >= 15 is 0 Å². The van der Waals surface area contributed by atoms with Gasteiger partial charge in [0.25, 0.3) is 11.8 Å². The first kappa shape index (κ1) is 23.5. The third-order valence-corrected chi connectivity index (χ3v) is 8.21. The number of thiophene rings is 1. The van der Waals surface area contributed by atoms with Crippen molar-refractivity contribution in [3.8, 4) is 10.4 Å². The molecule has 2 aliphatic heterocycles. The summed E-state index contributed by atoms with van der Waals surface area (Å²) in [6.45, 7) is 3.38. The molecule has 3 heterocycles. The molecule has 5 rings (SSSR count). The first-order chi connectivity index (χ1) is 16.9. The summed E-state index contributed by atoms with van der Waals surface area (Å²) in [7, 11) is 0. The number of nitrogens with one attached hydrogen (secondary N) is 2. The van der Waals surface area contributed by atoms with E-state index in [9.17, 15) is 19.2 Å². The van der Waals surface area contributed by atoms with E-state index in [1.54, 1.807) is 4.90 Å². The van der Waals surface area contributed by atoms with Gasteiger partial charge in [0, 0.05) is 18.0 Å². The topological polar surface area (TPSA) is 108 Å². The van der Waals surface area contributed by atoms with Gasteiger partial charge in [-0.15, -0.1) is 11.3 Å². The third kappa shape index (κ3) is 4.32. The largest absolute Gasteiger partial charge is 0.378 e.